The van der Waals surface area contributed by atoms with Gasteiger partial charge >= 0.3 is 6.09 Å². The van der Waals surface area contributed by atoms with Gasteiger partial charge in [-0.2, -0.15) is 0 Å². The van der Waals surface area contributed by atoms with Crippen LogP contribution in [0, 0.1) is 5.92 Å². The predicted molar refractivity (Wildman–Crippen MR) is 102 cm³/mol. The van der Waals surface area contributed by atoms with Crippen molar-refractivity contribution in [3.05, 3.63) is 29.3 Å². The van der Waals surface area contributed by atoms with E-state index in [4.69, 9.17) is 4.74 Å². The molecule has 0 aromatic heterocycles. The molecule has 2 aliphatic rings. The summed E-state index contributed by atoms with van der Waals surface area (Å²) >= 11 is 0. The summed E-state index contributed by atoms with van der Waals surface area (Å²) < 4.78 is 5.50. The minimum atomic E-state index is -0.421. The van der Waals surface area contributed by atoms with Crippen LogP contribution in [0.25, 0.3) is 0 Å². The highest BCUT2D eigenvalue weighted by atomic mass is 16.6. The molecule has 1 atom stereocenters. The number of fused-ring (bicyclic) bond motifs is 1. The number of rotatable bonds is 1. The molecule has 2 aliphatic heterocycles. The van der Waals surface area contributed by atoms with Crippen molar-refractivity contribution < 1.29 is 9.53 Å². The van der Waals surface area contributed by atoms with Gasteiger partial charge in [-0.3, -0.25) is 0 Å². The Kier molecular flexibility index (Phi) is 4.99. The third kappa shape index (κ3) is 4.28. The lowest BCUT2D eigenvalue weighted by atomic mass is 9.85. The monoisotopic (exact) mass is 344 g/mol. The summed E-state index contributed by atoms with van der Waals surface area (Å²) in [6.07, 6.45) is 3.03. The summed E-state index contributed by atoms with van der Waals surface area (Å²) in [5.41, 5.74) is 3.88. The molecule has 0 bridgehead atoms. The van der Waals surface area contributed by atoms with Gasteiger partial charge in [-0.25, -0.2) is 4.79 Å². The molecule has 1 aromatic carbocycles. The van der Waals surface area contributed by atoms with Crippen LogP contribution in [0.5, 0.6) is 0 Å². The molecule has 25 heavy (non-hydrogen) atoms. The average Bonchev–Trinajstić information content (AvgIpc) is 2.52. The van der Waals surface area contributed by atoms with E-state index in [1.54, 1.807) is 0 Å². The quantitative estimate of drug-likeness (QED) is 0.755. The van der Waals surface area contributed by atoms with Gasteiger partial charge in [0.1, 0.15) is 5.60 Å². The molecular weight excluding hydrogens is 312 g/mol. The van der Waals surface area contributed by atoms with E-state index >= 15 is 0 Å². The molecule has 1 saturated heterocycles. The fourth-order valence-corrected chi connectivity index (χ4v) is 4.12. The Balaban J connectivity index is 1.64. The molecule has 2 heterocycles. The standard InChI is InChI=1S/C21H32N2O2/c1-15-12-18-13-17(6-7-19(18)22(5)14-15)16-8-10-23(11-9-16)20(24)25-21(2,3)4/h6-7,13,15-16H,8-12,14H2,1-5H3. The van der Waals surface area contributed by atoms with Crippen molar-refractivity contribution in [3.63, 3.8) is 0 Å². The Morgan fingerprint density at radius 3 is 2.52 bits per heavy atom. The Labute approximate surface area is 152 Å². The van der Waals surface area contributed by atoms with Gasteiger partial charge in [0.25, 0.3) is 0 Å². The van der Waals surface area contributed by atoms with E-state index in [1.165, 1.54) is 23.2 Å². The largest absolute Gasteiger partial charge is 0.444 e. The Hall–Kier alpha value is -1.71. The fraction of sp³-hybridized carbons (Fsp3) is 0.667. The molecule has 0 aliphatic carbocycles. The molecule has 0 N–H and O–H groups in total. The van der Waals surface area contributed by atoms with Crippen LogP contribution in [0.3, 0.4) is 0 Å². The first kappa shape index (κ1) is 18.1. The lowest BCUT2D eigenvalue weighted by Crippen LogP contribution is -2.41. The van der Waals surface area contributed by atoms with E-state index in [9.17, 15) is 4.79 Å². The lowest BCUT2D eigenvalue weighted by Gasteiger charge is -2.35. The smallest absolute Gasteiger partial charge is 0.410 e. The van der Waals surface area contributed by atoms with Crippen LogP contribution < -0.4 is 4.90 Å². The van der Waals surface area contributed by atoms with Crippen molar-refractivity contribution in [1.82, 2.24) is 4.90 Å². The number of hydrogen-bond donors (Lipinski definition) is 0. The van der Waals surface area contributed by atoms with E-state index in [-0.39, 0.29) is 6.09 Å². The third-order valence-electron chi connectivity index (χ3n) is 5.29. The van der Waals surface area contributed by atoms with Crippen LogP contribution in [-0.4, -0.2) is 43.3 Å². The minimum absolute atomic E-state index is 0.174. The van der Waals surface area contributed by atoms with E-state index < -0.39 is 5.60 Å². The number of amides is 1. The number of likely N-dealkylation sites (tertiary alicyclic amines) is 1. The van der Waals surface area contributed by atoms with Crippen LogP contribution in [0.2, 0.25) is 0 Å². The highest BCUT2D eigenvalue weighted by Crippen LogP contribution is 2.34. The molecule has 1 amide bonds. The Morgan fingerprint density at radius 2 is 1.88 bits per heavy atom. The molecule has 1 fully saturated rings. The van der Waals surface area contributed by atoms with Gasteiger partial charge in [-0.05, 0) is 69.1 Å². The molecule has 0 radical (unpaired) electrons. The zero-order chi connectivity index (χ0) is 18.2. The van der Waals surface area contributed by atoms with Crippen LogP contribution in [0.4, 0.5) is 10.5 Å². The summed E-state index contributed by atoms with van der Waals surface area (Å²) in [7, 11) is 2.19. The molecule has 4 nitrogen and oxygen atoms in total. The molecular formula is C21H32N2O2. The molecule has 1 unspecified atom stereocenters. The van der Waals surface area contributed by atoms with Gasteiger partial charge in [0.05, 0.1) is 0 Å². The topological polar surface area (TPSA) is 32.8 Å². The number of hydrogen-bond acceptors (Lipinski definition) is 3. The molecule has 138 valence electrons. The maximum atomic E-state index is 12.2. The normalized spacial score (nSPS) is 21.9. The van der Waals surface area contributed by atoms with Gasteiger partial charge in [0.2, 0.25) is 0 Å². The summed E-state index contributed by atoms with van der Waals surface area (Å²) in [4.78, 5) is 16.4. The van der Waals surface area contributed by atoms with Crippen molar-refractivity contribution in [1.29, 1.82) is 0 Å². The van der Waals surface area contributed by atoms with Crippen molar-refractivity contribution in [2.75, 3.05) is 31.6 Å². The predicted octanol–water partition coefficient (Wildman–Crippen LogP) is 4.43. The summed E-state index contributed by atoms with van der Waals surface area (Å²) in [5, 5.41) is 0. The van der Waals surface area contributed by atoms with Crippen molar-refractivity contribution >= 4 is 11.8 Å². The lowest BCUT2D eigenvalue weighted by molar-refractivity contribution is 0.0205. The van der Waals surface area contributed by atoms with Crippen LogP contribution >= 0.6 is 0 Å². The molecule has 3 rings (SSSR count). The minimum Gasteiger partial charge on any atom is -0.444 e. The number of ether oxygens (including phenoxy) is 1. The SMILES string of the molecule is CC1Cc2cc(C3CCN(C(=O)OC(C)(C)C)CC3)ccc2N(C)C1. The molecule has 0 saturated carbocycles. The van der Waals surface area contributed by atoms with E-state index in [0.29, 0.717) is 11.8 Å². The van der Waals surface area contributed by atoms with Gasteiger partial charge in [-0.15, -0.1) is 0 Å². The summed E-state index contributed by atoms with van der Waals surface area (Å²) in [5.74, 6) is 1.26. The Bertz CT molecular complexity index is 627. The first-order valence-corrected chi connectivity index (χ1v) is 9.55. The first-order chi connectivity index (χ1) is 11.7. The third-order valence-corrected chi connectivity index (χ3v) is 5.29. The second-order valence-electron chi connectivity index (χ2n) is 8.82. The maximum absolute atomic E-state index is 12.2. The molecule has 4 heteroatoms. The van der Waals surface area contributed by atoms with Crippen LogP contribution in [0.15, 0.2) is 18.2 Å². The van der Waals surface area contributed by atoms with Gasteiger partial charge in [0.15, 0.2) is 0 Å². The van der Waals surface area contributed by atoms with E-state index in [0.717, 1.165) is 32.5 Å². The zero-order valence-corrected chi connectivity index (χ0v) is 16.3. The highest BCUT2D eigenvalue weighted by Gasteiger charge is 2.28. The first-order valence-electron chi connectivity index (χ1n) is 9.55. The van der Waals surface area contributed by atoms with Crippen molar-refractivity contribution in [3.8, 4) is 0 Å². The van der Waals surface area contributed by atoms with Gasteiger partial charge in [0, 0.05) is 32.4 Å². The van der Waals surface area contributed by atoms with E-state index in [2.05, 4.69) is 37.1 Å². The van der Waals surface area contributed by atoms with Gasteiger partial charge in [-0.1, -0.05) is 19.1 Å². The van der Waals surface area contributed by atoms with Crippen molar-refractivity contribution in [2.45, 2.75) is 58.5 Å². The Morgan fingerprint density at radius 1 is 1.20 bits per heavy atom. The molecule has 1 aromatic rings. The van der Waals surface area contributed by atoms with Crippen LogP contribution in [-0.2, 0) is 11.2 Å². The summed E-state index contributed by atoms with van der Waals surface area (Å²) in [6, 6.07) is 6.99. The fourth-order valence-electron chi connectivity index (χ4n) is 4.12. The molecule has 0 spiro atoms. The van der Waals surface area contributed by atoms with Gasteiger partial charge < -0.3 is 14.5 Å². The number of nitrogens with zero attached hydrogens (tertiary/aromatic N) is 2. The second-order valence-corrected chi connectivity index (χ2v) is 8.82. The van der Waals surface area contributed by atoms with Crippen molar-refractivity contribution in [2.24, 2.45) is 5.92 Å². The number of benzene rings is 1. The number of carbonyl (C=O) groups is 1. The average molecular weight is 344 g/mol. The maximum Gasteiger partial charge on any atom is 0.410 e. The number of anilines is 1. The van der Waals surface area contributed by atoms with Crippen LogP contribution in [0.1, 0.15) is 57.6 Å². The number of piperidine rings is 1. The summed E-state index contributed by atoms with van der Waals surface area (Å²) in [6.45, 7) is 10.8. The highest BCUT2D eigenvalue weighted by molar-refractivity contribution is 5.68. The zero-order valence-electron chi connectivity index (χ0n) is 16.3. The number of carbonyl (C=O) groups excluding carboxylic acids is 1. The van der Waals surface area contributed by atoms with E-state index in [1.807, 2.05) is 25.7 Å². The second kappa shape index (κ2) is 6.89.